The number of benzene rings is 2. The lowest BCUT2D eigenvalue weighted by Gasteiger charge is -2.23. The van der Waals surface area contributed by atoms with Gasteiger partial charge in [-0.25, -0.2) is 0 Å². The minimum absolute atomic E-state index is 0.0499. The van der Waals surface area contributed by atoms with Gasteiger partial charge < -0.3 is 4.90 Å². The normalized spacial score (nSPS) is 17.5. The summed E-state index contributed by atoms with van der Waals surface area (Å²) >= 11 is 6.45. The third-order valence-corrected chi connectivity index (χ3v) is 4.64. The first kappa shape index (κ1) is 14.4. The predicted octanol–water partition coefficient (Wildman–Crippen LogP) is 4.52. The van der Waals surface area contributed by atoms with E-state index in [9.17, 15) is 4.79 Å². The Morgan fingerprint density at radius 1 is 0.952 bits per heavy atom. The summed E-state index contributed by atoms with van der Waals surface area (Å²) in [7, 11) is 0. The minimum atomic E-state index is -0.576. The van der Waals surface area contributed by atoms with E-state index >= 15 is 0 Å². The zero-order chi connectivity index (χ0) is 14.7. The molecule has 3 heteroatoms. The van der Waals surface area contributed by atoms with E-state index in [2.05, 4.69) is 12.1 Å². The Morgan fingerprint density at radius 3 is 2.33 bits per heavy atom. The first-order chi connectivity index (χ1) is 10.3. The minimum Gasteiger partial charge on any atom is -0.341 e. The predicted molar refractivity (Wildman–Crippen MR) is 87.6 cm³/mol. The van der Waals surface area contributed by atoms with E-state index in [-0.39, 0.29) is 5.91 Å². The number of rotatable bonds is 2. The largest absolute Gasteiger partial charge is 0.341 e. The number of hydrogen-bond donors (Lipinski definition) is 0. The molecule has 0 radical (unpaired) electrons. The van der Waals surface area contributed by atoms with Crippen molar-refractivity contribution in [3.63, 3.8) is 0 Å². The lowest BCUT2D eigenvalue weighted by atomic mass is 10.0. The highest BCUT2D eigenvalue weighted by atomic mass is 35.5. The molecule has 1 saturated heterocycles. The van der Waals surface area contributed by atoms with Crippen molar-refractivity contribution < 1.29 is 4.79 Å². The molecule has 0 aromatic heterocycles. The molecule has 21 heavy (non-hydrogen) atoms. The molecule has 2 aromatic carbocycles. The summed E-state index contributed by atoms with van der Waals surface area (Å²) in [5.41, 5.74) is 0.893. The SMILES string of the molecule is O=C(C(Cl)c1ccc2ccccc2c1)N1CCCCCC1. The second-order valence-electron chi connectivity index (χ2n) is 5.71. The Kier molecular flexibility index (Phi) is 4.45. The highest BCUT2D eigenvalue weighted by molar-refractivity contribution is 6.30. The molecule has 3 rings (SSSR count). The zero-order valence-corrected chi connectivity index (χ0v) is 12.9. The van der Waals surface area contributed by atoms with Gasteiger partial charge in [0.05, 0.1) is 0 Å². The molecule has 0 bridgehead atoms. The number of fused-ring (bicyclic) bond motifs is 1. The van der Waals surface area contributed by atoms with Gasteiger partial charge in [0.1, 0.15) is 5.38 Å². The molecule has 1 atom stereocenters. The lowest BCUT2D eigenvalue weighted by Crippen LogP contribution is -2.34. The average Bonchev–Trinajstić information content (AvgIpc) is 2.82. The number of hydrogen-bond acceptors (Lipinski definition) is 1. The van der Waals surface area contributed by atoms with Crippen LogP contribution in [0.25, 0.3) is 10.8 Å². The maximum absolute atomic E-state index is 12.6. The fourth-order valence-electron chi connectivity index (χ4n) is 2.96. The molecule has 1 fully saturated rings. The van der Waals surface area contributed by atoms with Crippen LogP contribution in [0.1, 0.15) is 36.6 Å². The number of halogens is 1. The molecule has 1 unspecified atom stereocenters. The molecule has 110 valence electrons. The highest BCUT2D eigenvalue weighted by Gasteiger charge is 2.24. The number of carbonyl (C=O) groups excluding carboxylic acids is 1. The molecule has 0 spiro atoms. The van der Waals surface area contributed by atoms with Crippen molar-refractivity contribution in [1.82, 2.24) is 4.90 Å². The van der Waals surface area contributed by atoms with Crippen molar-refractivity contribution in [2.24, 2.45) is 0 Å². The van der Waals surface area contributed by atoms with Gasteiger partial charge in [-0.05, 0) is 35.2 Å². The summed E-state index contributed by atoms with van der Waals surface area (Å²) in [5, 5.41) is 1.73. The van der Waals surface area contributed by atoms with Crippen molar-refractivity contribution in [1.29, 1.82) is 0 Å². The number of alkyl halides is 1. The van der Waals surface area contributed by atoms with Gasteiger partial charge in [0.2, 0.25) is 5.91 Å². The van der Waals surface area contributed by atoms with Crippen molar-refractivity contribution in [2.75, 3.05) is 13.1 Å². The number of carbonyl (C=O) groups is 1. The van der Waals surface area contributed by atoms with Crippen molar-refractivity contribution >= 4 is 28.3 Å². The van der Waals surface area contributed by atoms with Gasteiger partial charge in [0.15, 0.2) is 0 Å². The third kappa shape index (κ3) is 3.21. The van der Waals surface area contributed by atoms with Gasteiger partial charge >= 0.3 is 0 Å². The molecular formula is C18H20ClNO. The molecule has 1 heterocycles. The number of amides is 1. The fourth-order valence-corrected chi connectivity index (χ4v) is 3.23. The van der Waals surface area contributed by atoms with Gasteiger partial charge in [-0.15, -0.1) is 11.6 Å². The van der Waals surface area contributed by atoms with Crippen LogP contribution in [-0.4, -0.2) is 23.9 Å². The van der Waals surface area contributed by atoms with Crippen LogP contribution in [0.15, 0.2) is 42.5 Å². The number of likely N-dealkylation sites (tertiary alicyclic amines) is 1. The first-order valence-corrected chi connectivity index (χ1v) is 8.11. The summed E-state index contributed by atoms with van der Waals surface area (Å²) in [5.74, 6) is 0.0499. The first-order valence-electron chi connectivity index (χ1n) is 7.67. The maximum Gasteiger partial charge on any atom is 0.245 e. The second kappa shape index (κ2) is 6.48. The van der Waals surface area contributed by atoms with E-state index in [0.29, 0.717) is 0 Å². The van der Waals surface area contributed by atoms with Crippen molar-refractivity contribution in [2.45, 2.75) is 31.1 Å². The number of nitrogens with zero attached hydrogens (tertiary/aromatic N) is 1. The molecule has 1 amide bonds. The molecule has 0 saturated carbocycles. The quantitative estimate of drug-likeness (QED) is 0.747. The van der Waals surface area contributed by atoms with Gasteiger partial charge in [0, 0.05) is 13.1 Å². The van der Waals surface area contributed by atoms with Crippen LogP contribution < -0.4 is 0 Å². The van der Waals surface area contributed by atoms with Crippen LogP contribution in [0.4, 0.5) is 0 Å². The lowest BCUT2D eigenvalue weighted by molar-refractivity contribution is -0.130. The van der Waals surface area contributed by atoms with E-state index in [4.69, 9.17) is 11.6 Å². The van der Waals surface area contributed by atoms with E-state index < -0.39 is 5.38 Å². The summed E-state index contributed by atoms with van der Waals surface area (Å²) in [6.07, 6.45) is 4.61. The Hall–Kier alpha value is -1.54. The molecule has 1 aliphatic rings. The smallest absolute Gasteiger partial charge is 0.245 e. The average molecular weight is 302 g/mol. The summed E-state index contributed by atoms with van der Waals surface area (Å²) < 4.78 is 0. The van der Waals surface area contributed by atoms with E-state index in [0.717, 1.165) is 36.9 Å². The topological polar surface area (TPSA) is 20.3 Å². The van der Waals surface area contributed by atoms with Gasteiger partial charge in [-0.1, -0.05) is 49.2 Å². The van der Waals surface area contributed by atoms with Crippen LogP contribution in [0, 0.1) is 0 Å². The Bertz CT molecular complexity index is 632. The van der Waals surface area contributed by atoms with Gasteiger partial charge in [0.25, 0.3) is 0 Å². The maximum atomic E-state index is 12.6. The van der Waals surface area contributed by atoms with Gasteiger partial charge in [-0.2, -0.15) is 0 Å². The van der Waals surface area contributed by atoms with Gasteiger partial charge in [-0.3, -0.25) is 4.79 Å². The van der Waals surface area contributed by atoms with Crippen LogP contribution in [-0.2, 0) is 4.79 Å². The zero-order valence-electron chi connectivity index (χ0n) is 12.1. The Morgan fingerprint density at radius 2 is 1.62 bits per heavy atom. The monoisotopic (exact) mass is 301 g/mol. The van der Waals surface area contributed by atoms with Crippen LogP contribution in [0.2, 0.25) is 0 Å². The Labute approximate surface area is 130 Å². The van der Waals surface area contributed by atoms with Crippen molar-refractivity contribution in [3.8, 4) is 0 Å². The summed E-state index contributed by atoms with van der Waals surface area (Å²) in [6, 6.07) is 14.2. The third-order valence-electron chi connectivity index (χ3n) is 4.20. The van der Waals surface area contributed by atoms with Crippen LogP contribution >= 0.6 is 11.6 Å². The van der Waals surface area contributed by atoms with E-state index in [1.54, 1.807) is 0 Å². The molecule has 2 nitrogen and oxygen atoms in total. The summed E-state index contributed by atoms with van der Waals surface area (Å²) in [6.45, 7) is 1.69. The highest BCUT2D eigenvalue weighted by Crippen LogP contribution is 2.27. The van der Waals surface area contributed by atoms with E-state index in [1.165, 1.54) is 18.2 Å². The molecular weight excluding hydrogens is 282 g/mol. The molecule has 1 aliphatic heterocycles. The summed E-state index contributed by atoms with van der Waals surface area (Å²) in [4.78, 5) is 14.5. The second-order valence-corrected chi connectivity index (χ2v) is 6.15. The van der Waals surface area contributed by atoms with Crippen molar-refractivity contribution in [3.05, 3.63) is 48.0 Å². The molecule has 2 aromatic rings. The van der Waals surface area contributed by atoms with Crippen LogP contribution in [0.5, 0.6) is 0 Å². The fraction of sp³-hybridized carbons (Fsp3) is 0.389. The van der Waals surface area contributed by atoms with E-state index in [1.807, 2.05) is 35.2 Å². The molecule has 0 N–H and O–H groups in total. The standard InChI is InChI=1S/C18H20ClNO/c19-17(18(21)20-11-5-1-2-6-12-20)16-10-9-14-7-3-4-8-15(14)13-16/h3-4,7-10,13,17H,1-2,5-6,11-12H2. The Balaban J connectivity index is 1.81. The molecule has 0 aliphatic carbocycles. The van der Waals surface area contributed by atoms with Crippen LogP contribution in [0.3, 0.4) is 0 Å².